The van der Waals surface area contributed by atoms with E-state index in [2.05, 4.69) is 37.0 Å². The average Bonchev–Trinajstić information content (AvgIpc) is 2.84. The minimum atomic E-state index is 0.196. The highest BCUT2D eigenvalue weighted by molar-refractivity contribution is 9.10. The number of hydrogen-bond acceptors (Lipinski definition) is 3. The highest BCUT2D eigenvalue weighted by Crippen LogP contribution is 2.32. The van der Waals surface area contributed by atoms with Gasteiger partial charge >= 0.3 is 0 Å². The maximum atomic E-state index is 8.89. The third-order valence-corrected chi connectivity index (χ3v) is 3.54. The van der Waals surface area contributed by atoms with E-state index in [9.17, 15) is 0 Å². The Labute approximate surface area is 122 Å². The summed E-state index contributed by atoms with van der Waals surface area (Å²) in [6.45, 7) is 0. The molecular weight excluding hydrogens is 328 g/mol. The Morgan fingerprint density at radius 2 is 2.21 bits per heavy atom. The molecule has 0 fully saturated rings. The highest BCUT2D eigenvalue weighted by atomic mass is 79.9. The first kappa shape index (κ1) is 12.2. The summed E-state index contributed by atoms with van der Waals surface area (Å²) >= 11 is 9.25. The third-order valence-electron chi connectivity index (χ3n) is 2.78. The van der Waals surface area contributed by atoms with Crippen molar-refractivity contribution in [2.24, 2.45) is 0 Å². The number of aromatic amines is 1. The summed E-state index contributed by atoms with van der Waals surface area (Å²) in [6.07, 6.45) is 3.46. The molecule has 0 radical (unpaired) electrons. The van der Waals surface area contributed by atoms with Crippen LogP contribution in [-0.4, -0.2) is 15.0 Å². The van der Waals surface area contributed by atoms with Gasteiger partial charge in [0, 0.05) is 28.9 Å². The van der Waals surface area contributed by atoms with E-state index in [1.165, 1.54) is 0 Å². The fourth-order valence-electron chi connectivity index (χ4n) is 1.93. The van der Waals surface area contributed by atoms with E-state index >= 15 is 0 Å². The van der Waals surface area contributed by atoms with Gasteiger partial charge in [0.15, 0.2) is 0 Å². The van der Waals surface area contributed by atoms with Crippen molar-refractivity contribution in [2.75, 3.05) is 0 Å². The molecule has 2 aromatic heterocycles. The molecule has 0 unspecified atom stereocenters. The van der Waals surface area contributed by atoms with Gasteiger partial charge in [-0.3, -0.25) is 0 Å². The molecule has 0 aliphatic heterocycles. The molecule has 92 valence electrons. The molecule has 6 heteroatoms. The number of hydrogen-bond donors (Lipinski definition) is 1. The first-order valence-electron chi connectivity index (χ1n) is 5.38. The normalized spacial score (nSPS) is 10.6. The molecule has 3 aromatic rings. The standard InChI is InChI=1S/C13H6BrClN4/c14-10-6-18-13(15)19-12(10)9-5-17-11-3-7(4-16)1-2-8(9)11/h1-3,5-6,17H. The van der Waals surface area contributed by atoms with Gasteiger partial charge in [-0.05, 0) is 39.7 Å². The highest BCUT2D eigenvalue weighted by Gasteiger charge is 2.12. The molecule has 0 atom stereocenters. The molecule has 19 heavy (non-hydrogen) atoms. The quantitative estimate of drug-likeness (QED) is 0.687. The van der Waals surface area contributed by atoms with Gasteiger partial charge in [0.25, 0.3) is 0 Å². The van der Waals surface area contributed by atoms with Gasteiger partial charge in [0.05, 0.1) is 21.8 Å². The zero-order chi connectivity index (χ0) is 13.4. The second kappa shape index (κ2) is 4.65. The van der Waals surface area contributed by atoms with Crippen molar-refractivity contribution in [3.63, 3.8) is 0 Å². The summed E-state index contributed by atoms with van der Waals surface area (Å²) in [5, 5.41) is 10.1. The Morgan fingerprint density at radius 3 is 3.00 bits per heavy atom. The van der Waals surface area contributed by atoms with Gasteiger partial charge < -0.3 is 4.98 Å². The van der Waals surface area contributed by atoms with Gasteiger partial charge in [-0.15, -0.1) is 0 Å². The Bertz CT molecular complexity index is 819. The number of nitrogens with one attached hydrogen (secondary N) is 1. The fourth-order valence-corrected chi connectivity index (χ4v) is 2.46. The van der Waals surface area contributed by atoms with Crippen LogP contribution in [0.4, 0.5) is 0 Å². The van der Waals surface area contributed by atoms with Crippen molar-refractivity contribution in [2.45, 2.75) is 0 Å². The van der Waals surface area contributed by atoms with Crippen LogP contribution in [0.1, 0.15) is 5.56 Å². The molecule has 0 saturated heterocycles. The van der Waals surface area contributed by atoms with E-state index in [1.54, 1.807) is 18.3 Å². The van der Waals surface area contributed by atoms with Crippen LogP contribution in [0.2, 0.25) is 5.28 Å². The number of benzene rings is 1. The lowest BCUT2D eigenvalue weighted by Crippen LogP contribution is -1.88. The monoisotopic (exact) mass is 332 g/mol. The Hall–Kier alpha value is -1.90. The van der Waals surface area contributed by atoms with Crippen LogP contribution < -0.4 is 0 Å². The molecule has 4 nitrogen and oxygen atoms in total. The molecule has 0 amide bonds. The van der Waals surface area contributed by atoms with Gasteiger partial charge in [0.2, 0.25) is 5.28 Å². The van der Waals surface area contributed by atoms with E-state index in [0.717, 1.165) is 26.6 Å². The van der Waals surface area contributed by atoms with Crippen LogP contribution >= 0.6 is 27.5 Å². The molecule has 0 bridgehead atoms. The summed E-state index contributed by atoms with van der Waals surface area (Å²) in [5.74, 6) is 0. The van der Waals surface area contributed by atoms with Crippen LogP contribution in [0.3, 0.4) is 0 Å². The SMILES string of the molecule is N#Cc1ccc2c(-c3nc(Cl)ncc3Br)c[nH]c2c1. The summed E-state index contributed by atoms with van der Waals surface area (Å²) in [7, 11) is 0. The van der Waals surface area contributed by atoms with Crippen molar-refractivity contribution in [1.29, 1.82) is 5.26 Å². The largest absolute Gasteiger partial charge is 0.360 e. The first-order chi connectivity index (χ1) is 9.19. The molecule has 1 aromatic carbocycles. The van der Waals surface area contributed by atoms with Crippen molar-refractivity contribution < 1.29 is 0 Å². The first-order valence-corrected chi connectivity index (χ1v) is 6.56. The van der Waals surface area contributed by atoms with Crippen LogP contribution in [0.5, 0.6) is 0 Å². The lowest BCUT2D eigenvalue weighted by Gasteiger charge is -2.02. The average molecular weight is 334 g/mol. The summed E-state index contributed by atoms with van der Waals surface area (Å²) in [5.41, 5.74) is 3.13. The zero-order valence-electron chi connectivity index (χ0n) is 9.48. The number of nitriles is 1. The molecule has 0 spiro atoms. The van der Waals surface area contributed by atoms with Crippen molar-refractivity contribution in [1.82, 2.24) is 15.0 Å². The van der Waals surface area contributed by atoms with E-state index in [1.807, 2.05) is 12.3 Å². The number of nitrogens with zero attached hydrogens (tertiary/aromatic N) is 3. The fraction of sp³-hybridized carbons (Fsp3) is 0. The van der Waals surface area contributed by atoms with E-state index in [4.69, 9.17) is 16.9 Å². The van der Waals surface area contributed by atoms with E-state index in [0.29, 0.717) is 5.56 Å². The van der Waals surface area contributed by atoms with Crippen LogP contribution in [-0.2, 0) is 0 Å². The maximum absolute atomic E-state index is 8.89. The molecule has 0 aliphatic carbocycles. The molecule has 0 saturated carbocycles. The van der Waals surface area contributed by atoms with Gasteiger partial charge in [-0.25, -0.2) is 9.97 Å². The summed E-state index contributed by atoms with van der Waals surface area (Å²) in [4.78, 5) is 11.3. The van der Waals surface area contributed by atoms with Crippen LogP contribution in [0, 0.1) is 11.3 Å². The Balaban J connectivity index is 2.26. The lowest BCUT2D eigenvalue weighted by atomic mass is 10.1. The van der Waals surface area contributed by atoms with E-state index < -0.39 is 0 Å². The minimum Gasteiger partial charge on any atom is -0.360 e. The van der Waals surface area contributed by atoms with Crippen molar-refractivity contribution in [3.05, 3.63) is 45.9 Å². The Morgan fingerprint density at radius 1 is 1.37 bits per heavy atom. The number of aromatic nitrogens is 3. The molecule has 1 N–H and O–H groups in total. The lowest BCUT2D eigenvalue weighted by molar-refractivity contribution is 1.16. The third kappa shape index (κ3) is 2.09. The van der Waals surface area contributed by atoms with Gasteiger partial charge in [-0.1, -0.05) is 6.07 Å². The van der Waals surface area contributed by atoms with Gasteiger partial charge in [0.1, 0.15) is 0 Å². The van der Waals surface area contributed by atoms with Crippen molar-refractivity contribution >= 4 is 38.4 Å². The smallest absolute Gasteiger partial charge is 0.222 e. The predicted molar refractivity (Wildman–Crippen MR) is 76.7 cm³/mol. The topological polar surface area (TPSA) is 65.4 Å². The maximum Gasteiger partial charge on any atom is 0.222 e. The molecule has 2 heterocycles. The minimum absolute atomic E-state index is 0.196. The molecule has 0 aliphatic rings. The number of fused-ring (bicyclic) bond motifs is 1. The zero-order valence-corrected chi connectivity index (χ0v) is 11.8. The van der Waals surface area contributed by atoms with E-state index in [-0.39, 0.29) is 5.28 Å². The van der Waals surface area contributed by atoms with Crippen molar-refractivity contribution in [3.8, 4) is 17.3 Å². The Kier molecular flexibility index (Phi) is 2.97. The summed E-state index contributed by atoms with van der Waals surface area (Å²) in [6, 6.07) is 7.58. The number of halogens is 2. The van der Waals surface area contributed by atoms with Gasteiger partial charge in [-0.2, -0.15) is 5.26 Å². The van der Waals surface area contributed by atoms with Crippen LogP contribution in [0.15, 0.2) is 35.1 Å². The molecule has 3 rings (SSSR count). The number of rotatable bonds is 1. The molecular formula is C13H6BrClN4. The predicted octanol–water partition coefficient (Wildman–Crippen LogP) is 3.91. The number of H-pyrrole nitrogens is 1. The summed E-state index contributed by atoms with van der Waals surface area (Å²) < 4.78 is 0.766. The second-order valence-corrected chi connectivity index (χ2v) is 5.10. The van der Waals surface area contributed by atoms with Crippen LogP contribution in [0.25, 0.3) is 22.2 Å². The second-order valence-electron chi connectivity index (χ2n) is 3.91.